The van der Waals surface area contributed by atoms with Gasteiger partial charge in [-0.25, -0.2) is 8.42 Å². The Morgan fingerprint density at radius 3 is 2.08 bits per heavy atom. The van der Waals surface area contributed by atoms with Crippen LogP contribution in [-0.2, 0) is 10.0 Å². The van der Waals surface area contributed by atoms with E-state index in [1.54, 1.807) is 11.2 Å². The van der Waals surface area contributed by atoms with Crippen molar-refractivity contribution in [1.82, 2.24) is 4.31 Å². The molecule has 0 atom stereocenters. The molecule has 0 N–H and O–H groups in total. The third-order valence-corrected chi connectivity index (χ3v) is 4.55. The Hall–Kier alpha value is -0.130. The average molecular weight is 207 g/mol. The van der Waals surface area contributed by atoms with Crippen molar-refractivity contribution in [1.29, 1.82) is 0 Å². The quantitative estimate of drug-likeness (QED) is 0.584. The lowest BCUT2D eigenvalue weighted by Gasteiger charge is -2.38. The standard InChI is InChI=1S/C8H19N2O2S/c1-4-13(11,12)9-5-7-10(2,3)8-6-9/h4-8H2,1-3H3/q+1. The molecule has 1 aliphatic heterocycles. The lowest BCUT2D eigenvalue weighted by molar-refractivity contribution is -0.893. The first-order valence-corrected chi connectivity index (χ1v) is 6.28. The molecule has 1 aliphatic rings. The van der Waals surface area contributed by atoms with E-state index in [1.807, 2.05) is 0 Å². The SMILES string of the molecule is CCS(=O)(=O)N1CC[N+](C)(C)CC1. The molecule has 78 valence electrons. The third-order valence-electron chi connectivity index (χ3n) is 2.67. The molecule has 0 aromatic carbocycles. The van der Waals surface area contributed by atoms with Crippen molar-refractivity contribution in [3.63, 3.8) is 0 Å². The van der Waals surface area contributed by atoms with Gasteiger partial charge in [-0.1, -0.05) is 0 Å². The summed E-state index contributed by atoms with van der Waals surface area (Å²) in [5.74, 6) is 0.223. The summed E-state index contributed by atoms with van der Waals surface area (Å²) in [6, 6.07) is 0. The Kier molecular flexibility index (Phi) is 2.99. The van der Waals surface area contributed by atoms with Crippen LogP contribution < -0.4 is 0 Å². The molecule has 1 fully saturated rings. The highest BCUT2D eigenvalue weighted by Gasteiger charge is 2.30. The van der Waals surface area contributed by atoms with Crippen LogP contribution in [0.1, 0.15) is 6.92 Å². The van der Waals surface area contributed by atoms with Crippen LogP contribution in [0.5, 0.6) is 0 Å². The second kappa shape index (κ2) is 3.55. The monoisotopic (exact) mass is 207 g/mol. The van der Waals surface area contributed by atoms with Crippen molar-refractivity contribution in [3.8, 4) is 0 Å². The Morgan fingerprint density at radius 2 is 1.69 bits per heavy atom. The number of sulfonamides is 1. The van der Waals surface area contributed by atoms with Crippen molar-refractivity contribution in [2.75, 3.05) is 46.0 Å². The van der Waals surface area contributed by atoms with Crippen LogP contribution in [0.3, 0.4) is 0 Å². The van der Waals surface area contributed by atoms with E-state index >= 15 is 0 Å². The van der Waals surface area contributed by atoms with Gasteiger partial charge < -0.3 is 4.48 Å². The lowest BCUT2D eigenvalue weighted by atomic mass is 10.3. The molecule has 0 aliphatic carbocycles. The molecule has 13 heavy (non-hydrogen) atoms. The van der Waals surface area contributed by atoms with E-state index in [9.17, 15) is 8.42 Å². The van der Waals surface area contributed by atoms with Gasteiger partial charge in [-0.3, -0.25) is 0 Å². The molecule has 0 aromatic heterocycles. The van der Waals surface area contributed by atoms with E-state index < -0.39 is 10.0 Å². The normalized spacial score (nSPS) is 24.5. The van der Waals surface area contributed by atoms with Crippen LogP contribution in [0.2, 0.25) is 0 Å². The van der Waals surface area contributed by atoms with Crippen LogP contribution in [0.25, 0.3) is 0 Å². The molecule has 1 heterocycles. The number of likely N-dealkylation sites (N-methyl/N-ethyl adjacent to an activating group) is 1. The van der Waals surface area contributed by atoms with Crippen LogP contribution in [0.15, 0.2) is 0 Å². The number of hydrogen-bond donors (Lipinski definition) is 0. The second-order valence-corrected chi connectivity index (χ2v) is 6.44. The Bertz CT molecular complexity index is 262. The van der Waals surface area contributed by atoms with E-state index in [2.05, 4.69) is 14.1 Å². The minimum Gasteiger partial charge on any atom is -0.326 e. The maximum absolute atomic E-state index is 11.5. The van der Waals surface area contributed by atoms with Gasteiger partial charge in [-0.15, -0.1) is 0 Å². The summed E-state index contributed by atoms with van der Waals surface area (Å²) >= 11 is 0. The number of quaternary nitrogens is 1. The van der Waals surface area contributed by atoms with Crippen LogP contribution in [0.4, 0.5) is 0 Å². The van der Waals surface area contributed by atoms with Gasteiger partial charge in [0.25, 0.3) is 0 Å². The molecule has 0 unspecified atom stereocenters. The van der Waals surface area contributed by atoms with E-state index in [-0.39, 0.29) is 5.75 Å². The Morgan fingerprint density at radius 1 is 1.23 bits per heavy atom. The minimum absolute atomic E-state index is 0.223. The third kappa shape index (κ3) is 2.65. The largest absolute Gasteiger partial charge is 0.326 e. The first-order valence-electron chi connectivity index (χ1n) is 4.67. The molecule has 1 saturated heterocycles. The smallest absolute Gasteiger partial charge is 0.214 e. The predicted molar refractivity (Wildman–Crippen MR) is 52.9 cm³/mol. The summed E-state index contributed by atoms with van der Waals surface area (Å²) in [5.41, 5.74) is 0. The summed E-state index contributed by atoms with van der Waals surface area (Å²) in [6.45, 7) is 4.87. The number of rotatable bonds is 2. The maximum Gasteiger partial charge on any atom is 0.214 e. The van der Waals surface area contributed by atoms with E-state index in [4.69, 9.17) is 0 Å². The van der Waals surface area contributed by atoms with Gasteiger partial charge in [0.15, 0.2) is 0 Å². The molecule has 0 radical (unpaired) electrons. The van der Waals surface area contributed by atoms with E-state index in [0.717, 1.165) is 17.6 Å². The molecule has 4 nitrogen and oxygen atoms in total. The van der Waals surface area contributed by atoms with Gasteiger partial charge in [0.1, 0.15) is 0 Å². The number of hydrogen-bond acceptors (Lipinski definition) is 2. The van der Waals surface area contributed by atoms with Crippen molar-refractivity contribution in [3.05, 3.63) is 0 Å². The second-order valence-electron chi connectivity index (χ2n) is 4.18. The zero-order valence-electron chi connectivity index (χ0n) is 8.65. The zero-order chi connectivity index (χ0) is 10.1. The summed E-state index contributed by atoms with van der Waals surface area (Å²) in [4.78, 5) is 0. The molecule has 0 saturated carbocycles. The van der Waals surface area contributed by atoms with Crippen molar-refractivity contribution < 1.29 is 12.9 Å². The van der Waals surface area contributed by atoms with Gasteiger partial charge in [0, 0.05) is 0 Å². The van der Waals surface area contributed by atoms with Gasteiger partial charge in [0.2, 0.25) is 10.0 Å². The molecule has 5 heteroatoms. The Balaban J connectivity index is 2.61. The van der Waals surface area contributed by atoms with Crippen molar-refractivity contribution in [2.24, 2.45) is 0 Å². The predicted octanol–water partition coefficient (Wildman–Crippen LogP) is -0.272. The lowest BCUT2D eigenvalue weighted by Crippen LogP contribution is -2.56. The highest BCUT2D eigenvalue weighted by atomic mass is 32.2. The van der Waals surface area contributed by atoms with Gasteiger partial charge >= 0.3 is 0 Å². The topological polar surface area (TPSA) is 37.4 Å². The first-order chi connectivity index (χ1) is 5.87. The zero-order valence-corrected chi connectivity index (χ0v) is 9.47. The molecular formula is C8H19N2O2S+. The maximum atomic E-state index is 11.5. The molecular weight excluding hydrogens is 188 g/mol. The molecule has 0 bridgehead atoms. The molecule has 0 spiro atoms. The highest BCUT2D eigenvalue weighted by Crippen LogP contribution is 2.10. The summed E-state index contributed by atoms with van der Waals surface area (Å²) < 4.78 is 25.5. The van der Waals surface area contributed by atoms with Crippen LogP contribution in [0, 0.1) is 0 Å². The summed E-state index contributed by atoms with van der Waals surface area (Å²) in [6.07, 6.45) is 0. The van der Waals surface area contributed by atoms with Gasteiger partial charge in [-0.05, 0) is 6.92 Å². The molecule has 0 aromatic rings. The fraction of sp³-hybridized carbons (Fsp3) is 1.00. The Labute approximate surface area is 80.8 Å². The highest BCUT2D eigenvalue weighted by molar-refractivity contribution is 7.89. The minimum atomic E-state index is -2.95. The number of piperazine rings is 1. The average Bonchev–Trinajstić information content (AvgIpc) is 2.04. The van der Waals surface area contributed by atoms with Crippen LogP contribution in [-0.4, -0.2) is 63.2 Å². The first kappa shape index (κ1) is 10.9. The van der Waals surface area contributed by atoms with Crippen LogP contribution >= 0.6 is 0 Å². The van der Waals surface area contributed by atoms with Gasteiger partial charge in [0.05, 0.1) is 46.0 Å². The number of nitrogens with zero attached hydrogens (tertiary/aromatic N) is 2. The molecule has 1 rings (SSSR count). The fourth-order valence-electron chi connectivity index (χ4n) is 1.45. The van der Waals surface area contributed by atoms with Crippen molar-refractivity contribution in [2.45, 2.75) is 6.92 Å². The fourth-order valence-corrected chi connectivity index (χ4v) is 2.53. The summed E-state index contributed by atoms with van der Waals surface area (Å²) in [7, 11) is 1.32. The van der Waals surface area contributed by atoms with E-state index in [0.29, 0.717) is 13.1 Å². The van der Waals surface area contributed by atoms with Crippen molar-refractivity contribution >= 4 is 10.0 Å². The molecule has 0 amide bonds. The summed E-state index contributed by atoms with van der Waals surface area (Å²) in [5, 5.41) is 0. The van der Waals surface area contributed by atoms with Gasteiger partial charge in [-0.2, -0.15) is 4.31 Å². The van der Waals surface area contributed by atoms with E-state index in [1.165, 1.54) is 0 Å².